The van der Waals surface area contributed by atoms with E-state index in [1.54, 1.807) is 30.3 Å². The number of phenols is 1. The highest BCUT2D eigenvalue weighted by Gasteiger charge is 2.37. The molecule has 4 amide bonds. The molecule has 0 radical (unpaired) electrons. The molecule has 1 aliphatic rings. The molecule has 1 fully saturated rings. The average Bonchev–Trinajstić information content (AvgIpc) is 2.78. The molecular formula is C24H16BrFN2O5. The van der Waals surface area contributed by atoms with Gasteiger partial charge in [-0.15, -0.1) is 0 Å². The second-order valence-corrected chi connectivity index (χ2v) is 7.99. The predicted molar refractivity (Wildman–Crippen MR) is 122 cm³/mol. The lowest BCUT2D eigenvalue weighted by Gasteiger charge is -2.26. The molecule has 3 aromatic rings. The molecule has 4 rings (SSSR count). The lowest BCUT2D eigenvalue weighted by Crippen LogP contribution is -2.54. The quantitative estimate of drug-likeness (QED) is 0.388. The second kappa shape index (κ2) is 9.25. The number of aromatic hydroxyl groups is 1. The summed E-state index contributed by atoms with van der Waals surface area (Å²) in [6.07, 6.45) is 1.34. The van der Waals surface area contributed by atoms with Crippen LogP contribution in [0.2, 0.25) is 0 Å². The highest BCUT2D eigenvalue weighted by atomic mass is 79.9. The van der Waals surface area contributed by atoms with Gasteiger partial charge in [0.05, 0.1) is 5.69 Å². The molecule has 2 N–H and O–H groups in total. The monoisotopic (exact) mass is 510 g/mol. The van der Waals surface area contributed by atoms with Crippen LogP contribution in [-0.4, -0.2) is 23.0 Å². The van der Waals surface area contributed by atoms with E-state index in [0.29, 0.717) is 15.8 Å². The summed E-state index contributed by atoms with van der Waals surface area (Å²) < 4.78 is 19.6. The fourth-order valence-electron chi connectivity index (χ4n) is 3.15. The number of hydrogen-bond acceptors (Lipinski definition) is 5. The Balaban J connectivity index is 1.66. The largest absolute Gasteiger partial charge is 0.508 e. The first-order valence-corrected chi connectivity index (χ1v) is 10.5. The molecule has 1 aliphatic heterocycles. The Morgan fingerprint density at radius 3 is 2.39 bits per heavy atom. The van der Waals surface area contributed by atoms with Gasteiger partial charge in [0, 0.05) is 10.0 Å². The van der Waals surface area contributed by atoms with Gasteiger partial charge in [0.25, 0.3) is 11.8 Å². The standard InChI is InChI=1S/C24H16BrFN2O5/c25-16-3-10-21(33-13-14-1-4-17(26)5-2-14)15(11-16)12-20-22(30)27-24(32)28(23(20)31)18-6-8-19(29)9-7-18/h1-12,29H,13H2,(H,27,30,32)/b20-12+. The maximum absolute atomic E-state index is 13.1. The van der Waals surface area contributed by atoms with Crippen LogP contribution in [-0.2, 0) is 16.2 Å². The molecule has 0 saturated carbocycles. The first-order chi connectivity index (χ1) is 15.8. The van der Waals surface area contributed by atoms with Gasteiger partial charge in [0.15, 0.2) is 0 Å². The van der Waals surface area contributed by atoms with E-state index >= 15 is 0 Å². The van der Waals surface area contributed by atoms with E-state index in [0.717, 1.165) is 10.5 Å². The maximum Gasteiger partial charge on any atom is 0.335 e. The minimum Gasteiger partial charge on any atom is -0.508 e. The number of benzene rings is 3. The Hall–Kier alpha value is -3.98. The summed E-state index contributed by atoms with van der Waals surface area (Å²) in [6.45, 7) is 0.135. The third-order valence-corrected chi connectivity index (χ3v) is 5.28. The van der Waals surface area contributed by atoms with Crippen molar-refractivity contribution in [2.24, 2.45) is 0 Å². The number of rotatable bonds is 5. The van der Waals surface area contributed by atoms with Gasteiger partial charge >= 0.3 is 6.03 Å². The maximum atomic E-state index is 13.1. The Labute approximate surface area is 196 Å². The lowest BCUT2D eigenvalue weighted by atomic mass is 10.1. The van der Waals surface area contributed by atoms with Crippen molar-refractivity contribution in [3.8, 4) is 11.5 Å². The predicted octanol–water partition coefficient (Wildman–Crippen LogP) is 4.54. The number of carbonyl (C=O) groups is 3. The summed E-state index contributed by atoms with van der Waals surface area (Å²) in [5.74, 6) is -1.68. The van der Waals surface area contributed by atoms with Gasteiger partial charge in [-0.3, -0.25) is 14.9 Å². The molecule has 7 nitrogen and oxygen atoms in total. The number of nitrogens with one attached hydrogen (secondary N) is 1. The van der Waals surface area contributed by atoms with E-state index < -0.39 is 17.8 Å². The first-order valence-electron chi connectivity index (χ1n) is 9.69. The lowest BCUT2D eigenvalue weighted by molar-refractivity contribution is -0.122. The van der Waals surface area contributed by atoms with E-state index in [2.05, 4.69) is 21.2 Å². The normalized spacial score (nSPS) is 15.0. The van der Waals surface area contributed by atoms with Crippen LogP contribution in [0, 0.1) is 5.82 Å². The SMILES string of the molecule is O=C1NC(=O)N(c2ccc(O)cc2)C(=O)/C1=C/c1cc(Br)ccc1OCc1ccc(F)cc1. The Morgan fingerprint density at radius 2 is 1.70 bits per heavy atom. The van der Waals surface area contributed by atoms with Crippen molar-refractivity contribution < 1.29 is 28.6 Å². The van der Waals surface area contributed by atoms with Crippen molar-refractivity contribution in [2.45, 2.75) is 6.61 Å². The van der Waals surface area contributed by atoms with Gasteiger partial charge in [0.2, 0.25) is 0 Å². The zero-order valence-electron chi connectivity index (χ0n) is 16.9. The summed E-state index contributed by atoms with van der Waals surface area (Å²) in [5.41, 5.74) is 1.07. The minimum absolute atomic E-state index is 0.0347. The van der Waals surface area contributed by atoms with Crippen LogP contribution < -0.4 is 15.0 Å². The number of nitrogens with zero attached hydrogens (tertiary/aromatic N) is 1. The number of phenolic OH excluding ortho intramolecular Hbond substituents is 1. The van der Waals surface area contributed by atoms with Gasteiger partial charge in [-0.1, -0.05) is 28.1 Å². The minimum atomic E-state index is -0.894. The summed E-state index contributed by atoms with van der Waals surface area (Å²) in [4.78, 5) is 38.7. The van der Waals surface area contributed by atoms with Crippen LogP contribution in [0.4, 0.5) is 14.9 Å². The molecule has 166 valence electrons. The van der Waals surface area contributed by atoms with Gasteiger partial charge in [0.1, 0.15) is 29.5 Å². The number of halogens is 2. The van der Waals surface area contributed by atoms with E-state index in [-0.39, 0.29) is 29.4 Å². The zero-order valence-corrected chi connectivity index (χ0v) is 18.5. The Bertz CT molecular complexity index is 1270. The number of anilines is 1. The first kappa shape index (κ1) is 22.2. The van der Waals surface area contributed by atoms with Crippen molar-refractivity contribution in [1.29, 1.82) is 0 Å². The second-order valence-electron chi connectivity index (χ2n) is 7.07. The van der Waals surface area contributed by atoms with Crippen LogP contribution in [0.3, 0.4) is 0 Å². The molecule has 0 spiro atoms. The third kappa shape index (κ3) is 4.93. The third-order valence-electron chi connectivity index (χ3n) is 4.79. The zero-order chi connectivity index (χ0) is 23.5. The fourth-order valence-corrected chi connectivity index (χ4v) is 3.53. The molecular weight excluding hydrogens is 495 g/mol. The number of carbonyl (C=O) groups excluding carboxylic acids is 3. The van der Waals surface area contributed by atoms with Crippen LogP contribution in [0.1, 0.15) is 11.1 Å². The van der Waals surface area contributed by atoms with E-state index in [1.165, 1.54) is 42.5 Å². The molecule has 9 heteroatoms. The number of hydrogen-bond donors (Lipinski definition) is 2. The van der Waals surface area contributed by atoms with Gasteiger partial charge in [-0.2, -0.15) is 0 Å². The van der Waals surface area contributed by atoms with Crippen LogP contribution in [0.15, 0.2) is 76.8 Å². The fraction of sp³-hybridized carbons (Fsp3) is 0.0417. The number of barbiturate groups is 1. The molecule has 0 aliphatic carbocycles. The molecule has 0 aromatic heterocycles. The highest BCUT2D eigenvalue weighted by Crippen LogP contribution is 2.29. The Morgan fingerprint density at radius 1 is 1.00 bits per heavy atom. The summed E-state index contributed by atoms with van der Waals surface area (Å²) in [5, 5.41) is 11.6. The summed E-state index contributed by atoms with van der Waals surface area (Å²) in [6, 6.07) is 15.4. The number of imide groups is 2. The number of ether oxygens (including phenoxy) is 1. The summed E-state index contributed by atoms with van der Waals surface area (Å²) in [7, 11) is 0. The molecule has 1 heterocycles. The molecule has 0 unspecified atom stereocenters. The van der Waals surface area contributed by atoms with Gasteiger partial charge in [-0.25, -0.2) is 14.1 Å². The van der Waals surface area contributed by atoms with Crippen molar-refractivity contribution in [2.75, 3.05) is 4.90 Å². The molecule has 33 heavy (non-hydrogen) atoms. The molecule has 3 aromatic carbocycles. The topological polar surface area (TPSA) is 95.9 Å². The summed E-state index contributed by atoms with van der Waals surface area (Å²) >= 11 is 3.36. The molecule has 1 saturated heterocycles. The molecule has 0 atom stereocenters. The van der Waals surface area contributed by atoms with Gasteiger partial charge in [-0.05, 0) is 66.2 Å². The van der Waals surface area contributed by atoms with Crippen molar-refractivity contribution in [1.82, 2.24) is 5.32 Å². The number of amides is 4. The van der Waals surface area contributed by atoms with Crippen LogP contribution in [0.25, 0.3) is 6.08 Å². The smallest absolute Gasteiger partial charge is 0.335 e. The van der Waals surface area contributed by atoms with E-state index in [9.17, 15) is 23.9 Å². The van der Waals surface area contributed by atoms with Crippen LogP contribution >= 0.6 is 15.9 Å². The van der Waals surface area contributed by atoms with Crippen molar-refractivity contribution in [3.05, 3.63) is 93.7 Å². The van der Waals surface area contributed by atoms with E-state index in [1.807, 2.05) is 0 Å². The average molecular weight is 511 g/mol. The van der Waals surface area contributed by atoms with Crippen molar-refractivity contribution >= 4 is 45.5 Å². The van der Waals surface area contributed by atoms with E-state index in [4.69, 9.17) is 4.74 Å². The number of urea groups is 1. The van der Waals surface area contributed by atoms with Crippen molar-refractivity contribution in [3.63, 3.8) is 0 Å². The Kier molecular flexibility index (Phi) is 6.23. The highest BCUT2D eigenvalue weighted by molar-refractivity contribution is 9.10. The van der Waals surface area contributed by atoms with Gasteiger partial charge < -0.3 is 9.84 Å². The van der Waals surface area contributed by atoms with Crippen LogP contribution in [0.5, 0.6) is 11.5 Å². The molecule has 0 bridgehead atoms.